The molecule has 0 bridgehead atoms. The van der Waals surface area contributed by atoms with E-state index in [0.717, 1.165) is 45.6 Å². The van der Waals surface area contributed by atoms with Crippen LogP contribution < -0.4 is 5.32 Å². The molecular formula is C29H41N3O3. The molecule has 4 rings (SSSR count). The Morgan fingerprint density at radius 1 is 1.09 bits per heavy atom. The maximum absolute atomic E-state index is 13.0. The first-order valence-electron chi connectivity index (χ1n) is 13.0. The van der Waals surface area contributed by atoms with E-state index >= 15 is 0 Å². The molecule has 35 heavy (non-hydrogen) atoms. The first-order valence-corrected chi connectivity index (χ1v) is 13.0. The molecule has 6 nitrogen and oxygen atoms in total. The van der Waals surface area contributed by atoms with E-state index in [0.29, 0.717) is 29.9 Å². The van der Waals surface area contributed by atoms with Gasteiger partial charge >= 0.3 is 0 Å². The van der Waals surface area contributed by atoms with Crippen LogP contribution in [0, 0.1) is 11.8 Å². The second kappa shape index (κ2) is 10.6. The minimum Gasteiger partial charge on any atom is -0.508 e. The van der Waals surface area contributed by atoms with E-state index in [9.17, 15) is 15.0 Å². The zero-order valence-corrected chi connectivity index (χ0v) is 21.6. The third-order valence-electron chi connectivity index (χ3n) is 8.33. The highest BCUT2D eigenvalue weighted by Crippen LogP contribution is 2.40. The first kappa shape index (κ1) is 25.5. The van der Waals surface area contributed by atoms with E-state index in [2.05, 4.69) is 48.9 Å². The van der Waals surface area contributed by atoms with E-state index in [-0.39, 0.29) is 17.4 Å². The molecule has 1 amide bonds. The molecule has 0 aliphatic carbocycles. The van der Waals surface area contributed by atoms with Crippen LogP contribution in [0.15, 0.2) is 42.5 Å². The molecule has 2 aliphatic heterocycles. The Morgan fingerprint density at radius 2 is 1.86 bits per heavy atom. The van der Waals surface area contributed by atoms with Crippen LogP contribution in [0.5, 0.6) is 11.5 Å². The maximum Gasteiger partial charge on any atom is 0.234 e. The molecule has 0 unspecified atom stereocenters. The first-order chi connectivity index (χ1) is 16.6. The standard InChI is InChI=1S/C29H41N3O3/c1-20(2)27(30-28(35)19-31-12-10-22-14-26(34)9-8-23(22)17-31)18-32-13-11-29(4,21(3)16-32)24-6-5-7-25(33)15-24/h5-9,14-15,20-21,27,33-34H,10-13,16-19H2,1-4H3,(H,30,35)/t21-,27+,29+/m0/s1. The van der Waals surface area contributed by atoms with Crippen LogP contribution in [0.25, 0.3) is 0 Å². The van der Waals surface area contributed by atoms with Gasteiger partial charge in [0.05, 0.1) is 6.54 Å². The molecule has 3 atom stereocenters. The van der Waals surface area contributed by atoms with Crippen molar-refractivity contribution in [1.82, 2.24) is 15.1 Å². The van der Waals surface area contributed by atoms with Gasteiger partial charge in [0.1, 0.15) is 11.5 Å². The quantitative estimate of drug-likeness (QED) is 0.562. The van der Waals surface area contributed by atoms with Crippen molar-refractivity contribution in [1.29, 1.82) is 0 Å². The van der Waals surface area contributed by atoms with Crippen molar-refractivity contribution in [2.75, 3.05) is 32.7 Å². The van der Waals surface area contributed by atoms with Crippen molar-refractivity contribution in [3.63, 3.8) is 0 Å². The largest absolute Gasteiger partial charge is 0.508 e. The summed E-state index contributed by atoms with van der Waals surface area (Å²) in [7, 11) is 0. The third-order valence-corrected chi connectivity index (χ3v) is 8.33. The van der Waals surface area contributed by atoms with E-state index in [4.69, 9.17) is 0 Å². The normalized spacial score (nSPS) is 24.2. The van der Waals surface area contributed by atoms with E-state index in [1.54, 1.807) is 12.1 Å². The van der Waals surface area contributed by atoms with Crippen molar-refractivity contribution < 1.29 is 15.0 Å². The fraction of sp³-hybridized carbons (Fsp3) is 0.552. The summed E-state index contributed by atoms with van der Waals surface area (Å²) in [4.78, 5) is 17.7. The van der Waals surface area contributed by atoms with Gasteiger partial charge in [0.2, 0.25) is 5.91 Å². The molecule has 1 saturated heterocycles. The number of likely N-dealkylation sites (tertiary alicyclic amines) is 1. The van der Waals surface area contributed by atoms with Crippen LogP contribution in [0.2, 0.25) is 0 Å². The molecule has 0 radical (unpaired) electrons. The minimum atomic E-state index is 0.0349. The summed E-state index contributed by atoms with van der Waals surface area (Å²) in [5.41, 5.74) is 3.61. The number of carbonyl (C=O) groups is 1. The molecule has 2 aromatic rings. The van der Waals surface area contributed by atoms with Gasteiger partial charge in [-0.15, -0.1) is 0 Å². The topological polar surface area (TPSA) is 76.0 Å². The molecule has 2 heterocycles. The van der Waals surface area contributed by atoms with Gasteiger partial charge in [-0.2, -0.15) is 0 Å². The lowest BCUT2D eigenvalue weighted by molar-refractivity contribution is -0.123. The molecule has 190 valence electrons. The number of nitrogens with one attached hydrogen (secondary N) is 1. The summed E-state index contributed by atoms with van der Waals surface area (Å²) in [5.74, 6) is 1.51. The summed E-state index contributed by atoms with van der Waals surface area (Å²) in [6, 6.07) is 13.3. The molecule has 6 heteroatoms. The number of hydrogen-bond donors (Lipinski definition) is 3. The van der Waals surface area contributed by atoms with Gasteiger partial charge in [-0.1, -0.05) is 45.9 Å². The van der Waals surface area contributed by atoms with Crippen molar-refractivity contribution in [2.24, 2.45) is 11.8 Å². The Kier molecular flexibility index (Phi) is 7.72. The highest BCUT2D eigenvalue weighted by atomic mass is 16.3. The number of nitrogens with zero attached hydrogens (tertiary/aromatic N) is 2. The predicted octanol–water partition coefficient (Wildman–Crippen LogP) is 3.90. The zero-order chi connectivity index (χ0) is 25.2. The number of amides is 1. The Balaban J connectivity index is 1.32. The van der Waals surface area contributed by atoms with Gasteiger partial charge in [-0.05, 0) is 77.6 Å². The predicted molar refractivity (Wildman–Crippen MR) is 140 cm³/mol. The molecule has 2 aromatic carbocycles. The lowest BCUT2D eigenvalue weighted by Gasteiger charge is -2.46. The van der Waals surface area contributed by atoms with Crippen LogP contribution >= 0.6 is 0 Å². The monoisotopic (exact) mass is 479 g/mol. The van der Waals surface area contributed by atoms with Gasteiger partial charge in [0.15, 0.2) is 0 Å². The zero-order valence-electron chi connectivity index (χ0n) is 21.6. The van der Waals surface area contributed by atoms with Gasteiger partial charge in [-0.25, -0.2) is 0 Å². The van der Waals surface area contributed by atoms with Crippen LogP contribution in [0.3, 0.4) is 0 Å². The smallest absolute Gasteiger partial charge is 0.234 e. The van der Waals surface area contributed by atoms with Crippen LogP contribution in [-0.2, 0) is 23.2 Å². The Bertz CT molecular complexity index is 1040. The number of hydrogen-bond acceptors (Lipinski definition) is 5. The van der Waals surface area contributed by atoms with Crippen LogP contribution in [0.1, 0.15) is 50.8 Å². The van der Waals surface area contributed by atoms with E-state index in [1.807, 2.05) is 24.3 Å². The number of phenolic OH excluding ortho intramolecular Hbond substituents is 2. The average Bonchev–Trinajstić information content (AvgIpc) is 2.81. The Morgan fingerprint density at radius 3 is 2.57 bits per heavy atom. The second-order valence-electron chi connectivity index (χ2n) is 11.2. The van der Waals surface area contributed by atoms with Crippen LogP contribution in [-0.4, -0.2) is 64.7 Å². The highest BCUT2D eigenvalue weighted by molar-refractivity contribution is 5.78. The summed E-state index contributed by atoms with van der Waals surface area (Å²) >= 11 is 0. The molecule has 0 spiro atoms. The fourth-order valence-electron chi connectivity index (χ4n) is 5.66. The van der Waals surface area contributed by atoms with Crippen LogP contribution in [0.4, 0.5) is 0 Å². The summed E-state index contributed by atoms with van der Waals surface area (Å²) in [6.45, 7) is 13.7. The number of fused-ring (bicyclic) bond motifs is 1. The number of carbonyl (C=O) groups excluding carboxylic acids is 1. The van der Waals surface area contributed by atoms with Gasteiger partial charge in [0.25, 0.3) is 0 Å². The van der Waals surface area contributed by atoms with Crippen molar-refractivity contribution in [3.05, 3.63) is 59.2 Å². The van der Waals surface area contributed by atoms with E-state index < -0.39 is 0 Å². The molecular weight excluding hydrogens is 438 g/mol. The number of benzene rings is 2. The molecule has 0 saturated carbocycles. The maximum atomic E-state index is 13.0. The molecule has 0 aromatic heterocycles. The summed E-state index contributed by atoms with van der Waals surface area (Å²) < 4.78 is 0. The SMILES string of the molecule is CC(C)[C@@H](CN1CC[C@@](C)(c2cccc(O)c2)[C@@H](C)C1)NC(=O)CN1CCc2cc(O)ccc2C1. The van der Waals surface area contributed by atoms with Crippen molar-refractivity contribution >= 4 is 5.91 Å². The lowest BCUT2D eigenvalue weighted by Crippen LogP contribution is -2.54. The van der Waals surface area contributed by atoms with Crippen molar-refractivity contribution in [3.8, 4) is 11.5 Å². The minimum absolute atomic E-state index is 0.0349. The second-order valence-corrected chi connectivity index (χ2v) is 11.2. The molecule has 3 N–H and O–H groups in total. The average molecular weight is 480 g/mol. The number of aromatic hydroxyl groups is 2. The lowest BCUT2D eigenvalue weighted by atomic mass is 9.68. The Hall–Kier alpha value is -2.57. The third kappa shape index (κ3) is 5.99. The van der Waals surface area contributed by atoms with Crippen molar-refractivity contribution in [2.45, 2.75) is 58.5 Å². The number of rotatable bonds is 7. The van der Waals surface area contributed by atoms with Gasteiger partial charge in [0, 0.05) is 32.2 Å². The Labute approximate surface area is 210 Å². The summed E-state index contributed by atoms with van der Waals surface area (Å²) in [5, 5.41) is 23.0. The summed E-state index contributed by atoms with van der Waals surface area (Å²) in [6.07, 6.45) is 1.88. The fourth-order valence-corrected chi connectivity index (χ4v) is 5.66. The van der Waals surface area contributed by atoms with E-state index in [1.165, 1.54) is 16.7 Å². The molecule has 2 aliphatic rings. The van der Waals surface area contributed by atoms with Gasteiger partial charge < -0.3 is 20.4 Å². The highest BCUT2D eigenvalue weighted by Gasteiger charge is 2.38. The molecule has 1 fully saturated rings. The number of piperidine rings is 1. The number of phenols is 2. The van der Waals surface area contributed by atoms with Gasteiger partial charge in [-0.3, -0.25) is 9.69 Å².